The molecule has 1 aromatic heterocycles. The molecule has 84 valence electrons. The molecule has 16 heavy (non-hydrogen) atoms. The maximum absolute atomic E-state index is 11.2. The average molecular weight is 238 g/mol. The van der Waals surface area contributed by atoms with E-state index in [9.17, 15) is 9.59 Å². The Balaban J connectivity index is 1.99. The number of nitrogens with zero attached hydrogens (tertiary/aromatic N) is 1. The van der Waals surface area contributed by atoms with Crippen molar-refractivity contribution in [1.82, 2.24) is 4.98 Å². The fraction of sp³-hybridized carbons (Fsp3) is 0.300. The van der Waals surface area contributed by atoms with E-state index in [1.807, 2.05) is 0 Å². The number of aliphatic carboxylic acids is 1. The van der Waals surface area contributed by atoms with E-state index in [1.165, 1.54) is 16.2 Å². The fourth-order valence-electron chi connectivity index (χ4n) is 1.54. The predicted molar refractivity (Wildman–Crippen MR) is 59.5 cm³/mol. The van der Waals surface area contributed by atoms with Gasteiger partial charge in [-0.1, -0.05) is 0 Å². The summed E-state index contributed by atoms with van der Waals surface area (Å²) in [6.07, 6.45) is 4.90. The highest BCUT2D eigenvalue weighted by atomic mass is 32.1. The number of carboxylic acid groups (broad SMARTS) is 1. The van der Waals surface area contributed by atoms with Crippen LogP contribution in [0, 0.1) is 0 Å². The highest BCUT2D eigenvalue weighted by Crippen LogP contribution is 2.30. The highest BCUT2D eigenvalue weighted by Gasteiger charge is 2.17. The third kappa shape index (κ3) is 2.46. The number of anilines is 1. The lowest BCUT2D eigenvalue weighted by Gasteiger charge is -1.95. The van der Waals surface area contributed by atoms with Crippen LogP contribution < -0.4 is 5.32 Å². The number of hydrogen-bond acceptors (Lipinski definition) is 4. The first-order valence-corrected chi connectivity index (χ1v) is 5.67. The summed E-state index contributed by atoms with van der Waals surface area (Å²) in [7, 11) is 0. The normalized spacial score (nSPS) is 14.0. The molecule has 0 fully saturated rings. The van der Waals surface area contributed by atoms with Crippen molar-refractivity contribution in [2.24, 2.45) is 0 Å². The summed E-state index contributed by atoms with van der Waals surface area (Å²) in [5.41, 5.74) is 1.06. The number of thiazole rings is 1. The van der Waals surface area contributed by atoms with Crippen molar-refractivity contribution in [3.63, 3.8) is 0 Å². The zero-order valence-electron chi connectivity index (χ0n) is 8.40. The molecule has 1 amide bonds. The molecule has 2 N–H and O–H groups in total. The van der Waals surface area contributed by atoms with Gasteiger partial charge in [0.1, 0.15) is 0 Å². The number of carbonyl (C=O) groups excluding carboxylic acids is 1. The third-order valence-electron chi connectivity index (χ3n) is 2.20. The lowest BCUT2D eigenvalue weighted by molar-refractivity contribution is -0.131. The van der Waals surface area contributed by atoms with E-state index in [0.717, 1.165) is 37.1 Å². The Morgan fingerprint density at radius 3 is 2.88 bits per heavy atom. The Morgan fingerprint density at radius 2 is 2.19 bits per heavy atom. The Morgan fingerprint density at radius 1 is 1.38 bits per heavy atom. The summed E-state index contributed by atoms with van der Waals surface area (Å²) in [6.45, 7) is 0. The van der Waals surface area contributed by atoms with Gasteiger partial charge in [0.05, 0.1) is 5.69 Å². The van der Waals surface area contributed by atoms with Crippen LogP contribution in [0.3, 0.4) is 0 Å². The Hall–Kier alpha value is -1.69. The van der Waals surface area contributed by atoms with E-state index in [2.05, 4.69) is 10.3 Å². The first-order chi connectivity index (χ1) is 7.65. The van der Waals surface area contributed by atoms with Crippen LogP contribution in [0.1, 0.15) is 17.0 Å². The highest BCUT2D eigenvalue weighted by molar-refractivity contribution is 7.15. The molecule has 1 heterocycles. The lowest BCUT2D eigenvalue weighted by Crippen LogP contribution is -2.08. The molecule has 1 aromatic rings. The van der Waals surface area contributed by atoms with Crippen molar-refractivity contribution in [2.75, 3.05) is 5.32 Å². The minimum atomic E-state index is -1.14. The first-order valence-electron chi connectivity index (χ1n) is 4.86. The topological polar surface area (TPSA) is 79.3 Å². The summed E-state index contributed by atoms with van der Waals surface area (Å²) < 4.78 is 0. The number of aryl methyl sites for hydroxylation is 2. The summed E-state index contributed by atoms with van der Waals surface area (Å²) in [4.78, 5) is 26.9. The van der Waals surface area contributed by atoms with Gasteiger partial charge in [-0.05, 0) is 19.3 Å². The van der Waals surface area contributed by atoms with Gasteiger partial charge in [0.2, 0.25) is 5.91 Å². The van der Waals surface area contributed by atoms with Gasteiger partial charge in [-0.25, -0.2) is 9.78 Å². The number of hydrogen-bond donors (Lipinski definition) is 2. The van der Waals surface area contributed by atoms with Gasteiger partial charge >= 0.3 is 5.97 Å². The van der Waals surface area contributed by atoms with Crippen molar-refractivity contribution < 1.29 is 14.7 Å². The minimum Gasteiger partial charge on any atom is -0.478 e. The molecule has 0 unspecified atom stereocenters. The molecule has 2 rings (SSSR count). The van der Waals surface area contributed by atoms with E-state index in [0.29, 0.717) is 5.13 Å². The van der Waals surface area contributed by atoms with Crippen LogP contribution in [0.25, 0.3) is 0 Å². The van der Waals surface area contributed by atoms with Crippen LogP contribution >= 0.6 is 11.3 Å². The first kappa shape index (κ1) is 10.8. The smallest absolute Gasteiger partial charge is 0.328 e. The second-order valence-electron chi connectivity index (χ2n) is 3.40. The largest absolute Gasteiger partial charge is 0.478 e. The summed E-state index contributed by atoms with van der Waals surface area (Å²) in [5, 5.41) is 11.4. The third-order valence-corrected chi connectivity index (χ3v) is 3.28. The molecule has 0 aliphatic heterocycles. The zero-order chi connectivity index (χ0) is 11.5. The molecule has 0 atom stereocenters. The molecule has 0 aromatic carbocycles. The molecule has 1 aliphatic rings. The fourth-order valence-corrected chi connectivity index (χ4v) is 2.59. The number of nitrogens with one attached hydrogen (secondary N) is 1. The van der Waals surface area contributed by atoms with Crippen LogP contribution in [0.5, 0.6) is 0 Å². The number of amides is 1. The van der Waals surface area contributed by atoms with Crippen LogP contribution in [0.4, 0.5) is 5.13 Å². The molecule has 0 bridgehead atoms. The monoisotopic (exact) mass is 238 g/mol. The Bertz CT molecular complexity index is 443. The maximum atomic E-state index is 11.2. The Kier molecular flexibility index (Phi) is 3.00. The second-order valence-corrected chi connectivity index (χ2v) is 4.49. The number of carbonyl (C=O) groups is 2. The van der Waals surface area contributed by atoms with Gasteiger partial charge < -0.3 is 5.11 Å². The number of fused-ring (bicyclic) bond motifs is 1. The SMILES string of the molecule is O=C(O)C=CC(=O)Nc1nc2c(s1)CCC2. The van der Waals surface area contributed by atoms with Crippen LogP contribution in [0.15, 0.2) is 12.2 Å². The van der Waals surface area contributed by atoms with Gasteiger partial charge in [0.25, 0.3) is 0 Å². The standard InChI is InChI=1S/C10H10N2O3S/c13-8(4-5-9(14)15)12-10-11-6-2-1-3-7(6)16-10/h4-5H,1-3H2,(H,14,15)(H,11,12,13). The lowest BCUT2D eigenvalue weighted by atomic mass is 10.4. The number of carboxylic acids is 1. The van der Waals surface area contributed by atoms with Crippen molar-refractivity contribution in [2.45, 2.75) is 19.3 Å². The molecule has 1 aliphatic carbocycles. The number of aromatic nitrogens is 1. The van der Waals surface area contributed by atoms with Gasteiger partial charge in [-0.3, -0.25) is 10.1 Å². The minimum absolute atomic E-state index is 0.463. The molecular weight excluding hydrogens is 228 g/mol. The van der Waals surface area contributed by atoms with Crippen molar-refractivity contribution >= 4 is 28.3 Å². The molecule has 5 nitrogen and oxygen atoms in total. The summed E-state index contributed by atoms with van der Waals surface area (Å²) in [6, 6.07) is 0. The molecular formula is C10H10N2O3S. The molecule has 0 spiro atoms. The van der Waals surface area contributed by atoms with E-state index < -0.39 is 11.9 Å². The zero-order valence-corrected chi connectivity index (χ0v) is 9.21. The molecule has 0 radical (unpaired) electrons. The molecule has 0 saturated heterocycles. The predicted octanol–water partition coefficient (Wildman–Crippen LogP) is 1.21. The average Bonchev–Trinajstić information content (AvgIpc) is 2.74. The van der Waals surface area contributed by atoms with Crippen LogP contribution in [-0.4, -0.2) is 22.0 Å². The van der Waals surface area contributed by atoms with E-state index in [-0.39, 0.29) is 0 Å². The molecule has 0 saturated carbocycles. The van der Waals surface area contributed by atoms with Gasteiger partial charge in [-0.2, -0.15) is 0 Å². The summed E-state index contributed by atoms with van der Waals surface area (Å²) in [5.74, 6) is -1.60. The maximum Gasteiger partial charge on any atom is 0.328 e. The number of rotatable bonds is 3. The van der Waals surface area contributed by atoms with E-state index in [4.69, 9.17) is 5.11 Å². The quantitative estimate of drug-likeness (QED) is 0.776. The summed E-state index contributed by atoms with van der Waals surface area (Å²) >= 11 is 1.46. The van der Waals surface area contributed by atoms with Gasteiger partial charge in [0, 0.05) is 17.0 Å². The van der Waals surface area contributed by atoms with E-state index >= 15 is 0 Å². The van der Waals surface area contributed by atoms with Crippen molar-refractivity contribution in [1.29, 1.82) is 0 Å². The van der Waals surface area contributed by atoms with Crippen LogP contribution in [0.2, 0.25) is 0 Å². The van der Waals surface area contributed by atoms with Crippen molar-refractivity contribution in [3.05, 3.63) is 22.7 Å². The second kappa shape index (κ2) is 4.44. The van der Waals surface area contributed by atoms with Crippen LogP contribution in [-0.2, 0) is 22.4 Å². The van der Waals surface area contributed by atoms with Gasteiger partial charge in [-0.15, -0.1) is 11.3 Å². The van der Waals surface area contributed by atoms with Gasteiger partial charge in [0.15, 0.2) is 5.13 Å². The molecule has 6 heteroatoms. The van der Waals surface area contributed by atoms with Crippen molar-refractivity contribution in [3.8, 4) is 0 Å². The Labute approximate surface area is 95.8 Å². The van der Waals surface area contributed by atoms with E-state index in [1.54, 1.807) is 0 Å².